The molecule has 28 heavy (non-hydrogen) atoms. The topological polar surface area (TPSA) is 74.0 Å². The van der Waals surface area contributed by atoms with Crippen LogP contribution < -0.4 is 10.6 Å². The molecule has 5 nitrogen and oxygen atoms in total. The third-order valence-electron chi connectivity index (χ3n) is 5.21. The van der Waals surface area contributed by atoms with Gasteiger partial charge in [0.05, 0.1) is 5.52 Å². The molecule has 1 fully saturated rings. The number of carbonyl (C=O) groups is 2. The Morgan fingerprint density at radius 1 is 1.11 bits per heavy atom. The summed E-state index contributed by atoms with van der Waals surface area (Å²) >= 11 is 1.73. The van der Waals surface area contributed by atoms with Crippen molar-refractivity contribution in [2.45, 2.75) is 18.9 Å². The van der Waals surface area contributed by atoms with Gasteiger partial charge in [-0.25, -0.2) is 0 Å². The molecule has 0 saturated carbocycles. The predicted molar refractivity (Wildman–Crippen MR) is 113 cm³/mol. The first-order valence-electron chi connectivity index (χ1n) is 9.35. The molecule has 4 aromatic rings. The van der Waals surface area contributed by atoms with Crippen molar-refractivity contribution in [1.82, 2.24) is 15.6 Å². The van der Waals surface area contributed by atoms with Gasteiger partial charge in [-0.05, 0) is 42.1 Å². The number of amides is 2. The summed E-state index contributed by atoms with van der Waals surface area (Å²) in [6.45, 7) is 0.486. The van der Waals surface area contributed by atoms with E-state index in [0.29, 0.717) is 24.9 Å². The van der Waals surface area contributed by atoms with Gasteiger partial charge in [0.15, 0.2) is 0 Å². The van der Waals surface area contributed by atoms with E-state index in [1.54, 1.807) is 11.3 Å². The van der Waals surface area contributed by atoms with Crippen molar-refractivity contribution >= 4 is 44.1 Å². The lowest BCUT2D eigenvalue weighted by Crippen LogP contribution is -2.47. The highest BCUT2D eigenvalue weighted by Gasteiger charge is 2.21. The fourth-order valence-electron chi connectivity index (χ4n) is 3.74. The molecule has 1 unspecified atom stereocenters. The van der Waals surface area contributed by atoms with E-state index >= 15 is 0 Å². The molecule has 140 valence electrons. The summed E-state index contributed by atoms with van der Waals surface area (Å²) < 4.78 is 1.23. The van der Waals surface area contributed by atoms with E-state index in [0.717, 1.165) is 21.3 Å². The van der Waals surface area contributed by atoms with Gasteiger partial charge >= 0.3 is 0 Å². The number of fused-ring (bicyclic) bond motifs is 2. The van der Waals surface area contributed by atoms with Gasteiger partial charge in [0.2, 0.25) is 5.91 Å². The predicted octanol–water partition coefficient (Wildman–Crippen LogP) is 4.06. The highest BCUT2D eigenvalue weighted by Crippen LogP contribution is 2.37. The highest BCUT2D eigenvalue weighted by atomic mass is 32.1. The number of hydrogen-bond acceptors (Lipinski definition) is 3. The summed E-state index contributed by atoms with van der Waals surface area (Å²) in [6.07, 6.45) is 3.03. The Balaban J connectivity index is 1.52. The number of carbonyl (C=O) groups excluding carboxylic acids is 2. The zero-order valence-corrected chi connectivity index (χ0v) is 15.9. The molecular formula is C22H19N3O2S. The SMILES string of the molecule is O=C1CCC(NC(=O)c2cc(-c3cc4ccccc4s3)c3[nH]ccc3c2)CN1. The van der Waals surface area contributed by atoms with Gasteiger partial charge < -0.3 is 15.6 Å². The Morgan fingerprint density at radius 3 is 2.82 bits per heavy atom. The Bertz CT molecular complexity index is 1160. The van der Waals surface area contributed by atoms with Crippen LogP contribution in [0.15, 0.2) is 54.7 Å². The summed E-state index contributed by atoms with van der Waals surface area (Å²) in [5.41, 5.74) is 2.70. The lowest BCUT2D eigenvalue weighted by atomic mass is 10.0. The van der Waals surface area contributed by atoms with E-state index in [9.17, 15) is 9.59 Å². The first kappa shape index (κ1) is 17.0. The van der Waals surface area contributed by atoms with Crippen LogP contribution in [0, 0.1) is 0 Å². The van der Waals surface area contributed by atoms with Crippen LogP contribution in [0.2, 0.25) is 0 Å². The van der Waals surface area contributed by atoms with Crippen LogP contribution in [0.4, 0.5) is 0 Å². The van der Waals surface area contributed by atoms with Crippen LogP contribution in [0.3, 0.4) is 0 Å². The average molecular weight is 389 g/mol. The first-order chi connectivity index (χ1) is 13.7. The molecule has 3 N–H and O–H groups in total. The molecule has 0 bridgehead atoms. The smallest absolute Gasteiger partial charge is 0.251 e. The average Bonchev–Trinajstić information content (AvgIpc) is 3.35. The van der Waals surface area contributed by atoms with E-state index in [2.05, 4.69) is 33.8 Å². The lowest BCUT2D eigenvalue weighted by molar-refractivity contribution is -0.122. The zero-order valence-electron chi connectivity index (χ0n) is 15.1. The van der Waals surface area contributed by atoms with Gasteiger partial charge in [-0.2, -0.15) is 0 Å². The first-order valence-corrected chi connectivity index (χ1v) is 10.2. The Hall–Kier alpha value is -3.12. The van der Waals surface area contributed by atoms with Crippen molar-refractivity contribution in [1.29, 1.82) is 0 Å². The number of benzene rings is 2. The Labute approximate surface area is 165 Å². The van der Waals surface area contributed by atoms with Crippen LogP contribution in [-0.2, 0) is 4.79 Å². The molecular weight excluding hydrogens is 370 g/mol. The number of thiophene rings is 1. The van der Waals surface area contributed by atoms with Gasteiger partial charge in [0.25, 0.3) is 5.91 Å². The minimum Gasteiger partial charge on any atom is -0.361 e. The quantitative estimate of drug-likeness (QED) is 0.494. The second-order valence-corrected chi connectivity index (χ2v) is 8.21. The third-order valence-corrected chi connectivity index (χ3v) is 6.36. The van der Waals surface area contributed by atoms with E-state index in [-0.39, 0.29) is 17.9 Å². The standard InChI is InChI=1S/C22H19N3O2S/c26-20-6-5-16(12-24-20)25-22(27)15-9-14-7-8-23-21(14)17(10-15)19-11-13-3-1-2-4-18(13)28-19/h1-4,7-11,16,23H,5-6,12H2,(H,24,26)(H,25,27). The molecule has 1 aliphatic rings. The van der Waals surface area contributed by atoms with Crippen LogP contribution in [0.25, 0.3) is 31.4 Å². The maximum atomic E-state index is 12.9. The van der Waals surface area contributed by atoms with Crippen LogP contribution in [-0.4, -0.2) is 29.4 Å². The normalized spacial score (nSPS) is 17.0. The minimum absolute atomic E-state index is 0.0279. The number of nitrogens with one attached hydrogen (secondary N) is 3. The van der Waals surface area contributed by atoms with Gasteiger partial charge in [-0.3, -0.25) is 9.59 Å². The van der Waals surface area contributed by atoms with Gasteiger partial charge in [0, 0.05) is 51.3 Å². The number of piperidine rings is 1. The molecule has 0 spiro atoms. The minimum atomic E-state index is -0.105. The molecule has 1 saturated heterocycles. The summed E-state index contributed by atoms with van der Waals surface area (Å²) in [7, 11) is 0. The highest BCUT2D eigenvalue weighted by molar-refractivity contribution is 7.22. The van der Waals surface area contributed by atoms with Crippen molar-refractivity contribution in [3.8, 4) is 10.4 Å². The van der Waals surface area contributed by atoms with E-state index in [1.807, 2.05) is 36.5 Å². The molecule has 3 heterocycles. The maximum absolute atomic E-state index is 12.9. The largest absolute Gasteiger partial charge is 0.361 e. The van der Waals surface area contributed by atoms with Crippen LogP contribution in [0.1, 0.15) is 23.2 Å². The fraction of sp³-hybridized carbons (Fsp3) is 0.182. The molecule has 2 aromatic carbocycles. The summed E-state index contributed by atoms with van der Waals surface area (Å²) in [4.78, 5) is 28.7. The van der Waals surface area contributed by atoms with Gasteiger partial charge in [0.1, 0.15) is 0 Å². The fourth-order valence-corrected chi connectivity index (χ4v) is 4.82. The Morgan fingerprint density at radius 2 is 2.00 bits per heavy atom. The lowest BCUT2D eigenvalue weighted by Gasteiger charge is -2.23. The molecule has 0 radical (unpaired) electrons. The van der Waals surface area contributed by atoms with Crippen LogP contribution >= 0.6 is 11.3 Å². The van der Waals surface area contributed by atoms with Gasteiger partial charge in [-0.15, -0.1) is 11.3 Å². The number of H-pyrrole nitrogens is 1. The van der Waals surface area contributed by atoms with E-state index in [1.165, 1.54) is 10.1 Å². The maximum Gasteiger partial charge on any atom is 0.251 e. The molecule has 6 heteroatoms. The van der Waals surface area contributed by atoms with Crippen molar-refractivity contribution in [3.05, 3.63) is 60.3 Å². The number of aromatic nitrogens is 1. The van der Waals surface area contributed by atoms with E-state index in [4.69, 9.17) is 0 Å². The van der Waals surface area contributed by atoms with Crippen LogP contribution in [0.5, 0.6) is 0 Å². The zero-order chi connectivity index (χ0) is 19.1. The Kier molecular flexibility index (Phi) is 4.13. The molecule has 1 aliphatic heterocycles. The molecule has 0 aliphatic carbocycles. The van der Waals surface area contributed by atoms with Crippen molar-refractivity contribution in [2.75, 3.05) is 6.54 Å². The summed E-state index contributed by atoms with van der Waals surface area (Å²) in [5, 5.41) is 8.08. The monoisotopic (exact) mass is 389 g/mol. The number of hydrogen-bond donors (Lipinski definition) is 3. The summed E-state index contributed by atoms with van der Waals surface area (Å²) in [5.74, 6) is -0.0575. The second-order valence-electron chi connectivity index (χ2n) is 7.13. The van der Waals surface area contributed by atoms with Crippen molar-refractivity contribution in [3.63, 3.8) is 0 Å². The van der Waals surface area contributed by atoms with E-state index < -0.39 is 0 Å². The third kappa shape index (κ3) is 3.05. The molecule has 1 atom stereocenters. The van der Waals surface area contributed by atoms with Crippen molar-refractivity contribution in [2.24, 2.45) is 0 Å². The van der Waals surface area contributed by atoms with Gasteiger partial charge in [-0.1, -0.05) is 18.2 Å². The van der Waals surface area contributed by atoms with Crippen molar-refractivity contribution < 1.29 is 9.59 Å². The molecule has 5 rings (SSSR count). The molecule has 2 aromatic heterocycles. The summed E-state index contributed by atoms with van der Waals surface area (Å²) in [6, 6.07) is 16.3. The second kappa shape index (κ2) is 6.80. The number of aromatic amines is 1. The molecule has 2 amide bonds. The number of rotatable bonds is 3.